The Bertz CT molecular complexity index is 596. The number of ether oxygens (including phenoxy) is 2. The Morgan fingerprint density at radius 1 is 1.42 bits per heavy atom. The molecule has 0 fully saturated rings. The number of methoxy groups -OCH3 is 1. The Hall–Kier alpha value is -2.14. The molecule has 2 aromatic rings. The van der Waals surface area contributed by atoms with Crippen molar-refractivity contribution in [2.75, 3.05) is 13.7 Å². The highest BCUT2D eigenvalue weighted by Crippen LogP contribution is 2.19. The molecule has 1 aromatic heterocycles. The van der Waals surface area contributed by atoms with Crippen LogP contribution in [0.3, 0.4) is 0 Å². The van der Waals surface area contributed by atoms with Gasteiger partial charge in [0.2, 0.25) is 0 Å². The number of nitrogens with two attached hydrogens (primary N) is 1. The first-order chi connectivity index (χ1) is 9.03. The summed E-state index contributed by atoms with van der Waals surface area (Å²) in [5.41, 5.74) is 5.47. The molecule has 1 aromatic carbocycles. The van der Waals surface area contributed by atoms with Crippen molar-refractivity contribution < 1.29 is 14.3 Å². The highest BCUT2D eigenvalue weighted by molar-refractivity contribution is 5.81. The van der Waals surface area contributed by atoms with Crippen LogP contribution in [0.15, 0.2) is 36.5 Å². The molecule has 1 heterocycles. The first-order valence-electron chi connectivity index (χ1n) is 5.88. The van der Waals surface area contributed by atoms with E-state index in [4.69, 9.17) is 10.5 Å². The summed E-state index contributed by atoms with van der Waals surface area (Å²) in [5.74, 6) is 0.109. The van der Waals surface area contributed by atoms with E-state index in [1.165, 1.54) is 7.11 Å². The van der Waals surface area contributed by atoms with Crippen LogP contribution in [-0.4, -0.2) is 30.2 Å². The van der Waals surface area contributed by atoms with Crippen LogP contribution in [0.1, 0.15) is 6.92 Å². The predicted octanol–water partition coefficient (Wildman–Crippen LogP) is 1.50. The van der Waals surface area contributed by atoms with E-state index in [2.05, 4.69) is 9.72 Å². The molecule has 100 valence electrons. The largest absolute Gasteiger partial charge is 0.491 e. The summed E-state index contributed by atoms with van der Waals surface area (Å²) in [6.07, 6.45) is 1.72. The molecule has 2 N–H and O–H groups in total. The smallest absolute Gasteiger partial charge is 0.329 e. The molecule has 5 heteroatoms. The van der Waals surface area contributed by atoms with Crippen molar-refractivity contribution in [2.45, 2.75) is 12.5 Å². The van der Waals surface area contributed by atoms with E-state index in [1.807, 2.05) is 30.3 Å². The van der Waals surface area contributed by atoms with Crippen molar-refractivity contribution in [1.29, 1.82) is 0 Å². The highest BCUT2D eigenvalue weighted by Gasteiger charge is 2.30. The minimum Gasteiger partial charge on any atom is -0.491 e. The second kappa shape index (κ2) is 5.24. The van der Waals surface area contributed by atoms with E-state index < -0.39 is 11.5 Å². The van der Waals surface area contributed by atoms with Gasteiger partial charge in [-0.1, -0.05) is 6.07 Å². The second-order valence-corrected chi connectivity index (χ2v) is 4.56. The number of nitrogens with zero attached hydrogens (tertiary/aromatic N) is 1. The van der Waals surface area contributed by atoms with Crippen LogP contribution >= 0.6 is 0 Å². The van der Waals surface area contributed by atoms with E-state index in [1.54, 1.807) is 13.1 Å². The van der Waals surface area contributed by atoms with Crippen molar-refractivity contribution in [3.05, 3.63) is 36.5 Å². The van der Waals surface area contributed by atoms with Crippen molar-refractivity contribution in [2.24, 2.45) is 5.73 Å². The van der Waals surface area contributed by atoms with Gasteiger partial charge >= 0.3 is 5.97 Å². The molecule has 0 saturated carbocycles. The molecule has 0 aliphatic carbocycles. The monoisotopic (exact) mass is 260 g/mol. The summed E-state index contributed by atoms with van der Waals surface area (Å²) in [6, 6.07) is 9.37. The third kappa shape index (κ3) is 3.00. The summed E-state index contributed by atoms with van der Waals surface area (Å²) < 4.78 is 10.2. The van der Waals surface area contributed by atoms with Crippen molar-refractivity contribution in [1.82, 2.24) is 4.98 Å². The minimum absolute atomic E-state index is 0.0397. The van der Waals surface area contributed by atoms with Crippen molar-refractivity contribution >= 4 is 16.9 Å². The van der Waals surface area contributed by atoms with E-state index in [9.17, 15) is 4.79 Å². The molecule has 1 atom stereocenters. The molecule has 0 amide bonds. The lowest BCUT2D eigenvalue weighted by Gasteiger charge is -2.21. The van der Waals surface area contributed by atoms with Crippen LogP contribution < -0.4 is 10.5 Å². The summed E-state index contributed by atoms with van der Waals surface area (Å²) in [7, 11) is 1.30. The van der Waals surface area contributed by atoms with Gasteiger partial charge in [-0.15, -0.1) is 0 Å². The van der Waals surface area contributed by atoms with Gasteiger partial charge in [-0.2, -0.15) is 0 Å². The number of carbonyl (C=O) groups excluding carboxylic acids is 1. The molecule has 0 radical (unpaired) electrons. The Morgan fingerprint density at radius 2 is 2.21 bits per heavy atom. The van der Waals surface area contributed by atoms with E-state index in [0.717, 1.165) is 10.9 Å². The Labute approximate surface area is 111 Å². The summed E-state index contributed by atoms with van der Waals surface area (Å²) >= 11 is 0. The van der Waals surface area contributed by atoms with Crippen LogP contribution in [-0.2, 0) is 9.53 Å². The third-order valence-corrected chi connectivity index (χ3v) is 2.77. The van der Waals surface area contributed by atoms with Gasteiger partial charge < -0.3 is 15.2 Å². The standard InChI is InChI=1S/C14H16N2O3/c1-14(15,13(17)18-2)9-19-11-6-5-10-4-3-7-16-12(10)8-11/h3-8H,9,15H2,1-2H3. The Kier molecular flexibility index (Phi) is 3.66. The summed E-state index contributed by atoms with van der Waals surface area (Å²) in [4.78, 5) is 15.7. The number of esters is 1. The maximum atomic E-state index is 11.4. The second-order valence-electron chi connectivity index (χ2n) is 4.56. The number of pyridine rings is 1. The molecule has 2 rings (SSSR count). The molecular weight excluding hydrogens is 244 g/mol. The van der Waals surface area contributed by atoms with Gasteiger partial charge in [0.25, 0.3) is 0 Å². The predicted molar refractivity (Wildman–Crippen MR) is 71.8 cm³/mol. The molecule has 0 aliphatic heterocycles. The molecule has 0 aliphatic rings. The van der Waals surface area contributed by atoms with Crippen LogP contribution in [0.4, 0.5) is 0 Å². The summed E-state index contributed by atoms with van der Waals surface area (Å²) in [5, 5.41) is 1.03. The van der Waals surface area contributed by atoms with Gasteiger partial charge in [-0.25, -0.2) is 4.79 Å². The zero-order chi connectivity index (χ0) is 13.9. The maximum Gasteiger partial charge on any atom is 0.329 e. The topological polar surface area (TPSA) is 74.4 Å². The zero-order valence-corrected chi connectivity index (χ0v) is 10.9. The zero-order valence-electron chi connectivity index (χ0n) is 10.9. The quantitative estimate of drug-likeness (QED) is 0.843. The van der Waals surface area contributed by atoms with Crippen LogP contribution in [0.5, 0.6) is 5.75 Å². The average molecular weight is 260 g/mol. The van der Waals surface area contributed by atoms with Gasteiger partial charge in [0, 0.05) is 17.6 Å². The fourth-order valence-electron chi connectivity index (χ4n) is 1.66. The van der Waals surface area contributed by atoms with Crippen LogP contribution in [0.25, 0.3) is 10.9 Å². The first-order valence-corrected chi connectivity index (χ1v) is 5.88. The lowest BCUT2D eigenvalue weighted by atomic mass is 10.1. The van der Waals surface area contributed by atoms with Crippen LogP contribution in [0, 0.1) is 0 Å². The van der Waals surface area contributed by atoms with Gasteiger partial charge in [0.05, 0.1) is 12.6 Å². The third-order valence-electron chi connectivity index (χ3n) is 2.77. The summed E-state index contributed by atoms with van der Waals surface area (Å²) in [6.45, 7) is 1.61. The molecule has 0 bridgehead atoms. The van der Waals surface area contributed by atoms with Gasteiger partial charge in [0.15, 0.2) is 0 Å². The van der Waals surface area contributed by atoms with Gasteiger partial charge in [0.1, 0.15) is 17.9 Å². The number of hydrogen-bond donors (Lipinski definition) is 1. The molecule has 1 unspecified atom stereocenters. The average Bonchev–Trinajstić information content (AvgIpc) is 2.44. The number of benzene rings is 1. The maximum absolute atomic E-state index is 11.4. The number of aromatic nitrogens is 1. The van der Waals surface area contributed by atoms with E-state index in [-0.39, 0.29) is 6.61 Å². The highest BCUT2D eigenvalue weighted by atomic mass is 16.5. The molecular formula is C14H16N2O3. The molecule has 0 spiro atoms. The number of fused-ring (bicyclic) bond motifs is 1. The normalized spacial score (nSPS) is 13.8. The number of carbonyl (C=O) groups is 1. The number of hydrogen-bond acceptors (Lipinski definition) is 5. The van der Waals surface area contributed by atoms with Gasteiger partial charge in [-0.3, -0.25) is 4.98 Å². The Morgan fingerprint density at radius 3 is 2.95 bits per heavy atom. The van der Waals surface area contributed by atoms with Gasteiger partial charge in [-0.05, 0) is 25.1 Å². The number of rotatable bonds is 4. The van der Waals surface area contributed by atoms with E-state index in [0.29, 0.717) is 5.75 Å². The molecule has 19 heavy (non-hydrogen) atoms. The lowest BCUT2D eigenvalue weighted by molar-refractivity contribution is -0.147. The molecule has 5 nitrogen and oxygen atoms in total. The van der Waals surface area contributed by atoms with E-state index >= 15 is 0 Å². The minimum atomic E-state index is -1.17. The fourth-order valence-corrected chi connectivity index (χ4v) is 1.66. The van der Waals surface area contributed by atoms with Crippen molar-refractivity contribution in [3.8, 4) is 5.75 Å². The molecule has 0 saturated heterocycles. The fraction of sp³-hybridized carbons (Fsp3) is 0.286. The van der Waals surface area contributed by atoms with Crippen LogP contribution in [0.2, 0.25) is 0 Å². The Balaban J connectivity index is 2.12. The lowest BCUT2D eigenvalue weighted by Crippen LogP contribution is -2.50. The first kappa shape index (κ1) is 13.3. The SMILES string of the molecule is COC(=O)C(C)(N)COc1ccc2cccnc2c1. The van der Waals surface area contributed by atoms with Crippen molar-refractivity contribution in [3.63, 3.8) is 0 Å².